The minimum Gasteiger partial charge on any atom is -0.439 e. The van der Waals surface area contributed by atoms with Crippen LogP contribution in [0, 0.1) is 0 Å². The summed E-state index contributed by atoms with van der Waals surface area (Å²) in [6.07, 6.45) is 0.167. The standard InChI is InChI=1S/C12H13NO3/c1-8-11(16-12(15)13(8)2)10-5-3-4-9(6-10)7-14/h3-8,11H,1-2H3/t8-,11-/m0/s1. The number of aldehydes is 1. The molecule has 1 aromatic rings. The van der Waals surface area contributed by atoms with E-state index in [9.17, 15) is 9.59 Å². The van der Waals surface area contributed by atoms with Crippen LogP contribution in [-0.4, -0.2) is 30.4 Å². The van der Waals surface area contributed by atoms with Crippen LogP contribution in [0.1, 0.15) is 28.9 Å². The van der Waals surface area contributed by atoms with Crippen molar-refractivity contribution in [1.82, 2.24) is 4.90 Å². The van der Waals surface area contributed by atoms with Crippen molar-refractivity contribution in [3.63, 3.8) is 0 Å². The summed E-state index contributed by atoms with van der Waals surface area (Å²) in [7, 11) is 1.70. The number of ether oxygens (including phenoxy) is 1. The molecule has 1 aliphatic heterocycles. The van der Waals surface area contributed by atoms with Gasteiger partial charge in [-0.1, -0.05) is 18.2 Å². The van der Waals surface area contributed by atoms with E-state index in [1.165, 1.54) is 0 Å². The van der Waals surface area contributed by atoms with Crippen LogP contribution in [0.15, 0.2) is 24.3 Å². The van der Waals surface area contributed by atoms with Gasteiger partial charge in [0.05, 0.1) is 6.04 Å². The number of nitrogens with zero attached hydrogens (tertiary/aromatic N) is 1. The number of carbonyl (C=O) groups is 2. The molecule has 2 atom stereocenters. The summed E-state index contributed by atoms with van der Waals surface area (Å²) in [4.78, 5) is 23.6. The summed E-state index contributed by atoms with van der Waals surface area (Å²) in [5.74, 6) is 0. The van der Waals surface area contributed by atoms with Crippen molar-refractivity contribution >= 4 is 12.4 Å². The Bertz CT molecular complexity index is 430. The molecule has 84 valence electrons. The van der Waals surface area contributed by atoms with Gasteiger partial charge < -0.3 is 9.64 Å². The number of cyclic esters (lactones) is 1. The van der Waals surface area contributed by atoms with Crippen LogP contribution < -0.4 is 0 Å². The Kier molecular flexibility index (Phi) is 2.64. The molecule has 1 aromatic carbocycles. The van der Waals surface area contributed by atoms with E-state index in [-0.39, 0.29) is 18.2 Å². The summed E-state index contributed by atoms with van der Waals surface area (Å²) in [6, 6.07) is 7.11. The number of benzene rings is 1. The van der Waals surface area contributed by atoms with Crippen LogP contribution in [-0.2, 0) is 4.74 Å². The molecule has 0 aliphatic carbocycles. The third-order valence-electron chi connectivity index (χ3n) is 2.94. The molecule has 4 nitrogen and oxygen atoms in total. The number of carbonyl (C=O) groups excluding carboxylic acids is 2. The number of hydrogen-bond acceptors (Lipinski definition) is 3. The molecule has 0 radical (unpaired) electrons. The van der Waals surface area contributed by atoms with Crippen molar-refractivity contribution in [2.75, 3.05) is 7.05 Å². The number of hydrogen-bond donors (Lipinski definition) is 0. The normalized spacial score (nSPS) is 24.4. The Hall–Kier alpha value is -1.84. The fraction of sp³-hybridized carbons (Fsp3) is 0.333. The van der Waals surface area contributed by atoms with E-state index in [1.54, 1.807) is 30.1 Å². The Balaban J connectivity index is 2.31. The van der Waals surface area contributed by atoms with Gasteiger partial charge in [-0.3, -0.25) is 4.79 Å². The average molecular weight is 219 g/mol. The molecule has 0 N–H and O–H groups in total. The molecule has 4 heteroatoms. The van der Waals surface area contributed by atoms with Gasteiger partial charge in [0.25, 0.3) is 0 Å². The molecule has 1 amide bonds. The van der Waals surface area contributed by atoms with Gasteiger partial charge in [-0.05, 0) is 18.6 Å². The van der Waals surface area contributed by atoms with Gasteiger partial charge in [-0.15, -0.1) is 0 Å². The molecule has 0 spiro atoms. The second-order valence-electron chi connectivity index (χ2n) is 3.94. The van der Waals surface area contributed by atoms with Crippen LogP contribution in [0.25, 0.3) is 0 Å². The lowest BCUT2D eigenvalue weighted by molar-refractivity contribution is 0.112. The number of likely N-dealkylation sites (N-methyl/N-ethyl adjacent to an activating group) is 1. The molecular formula is C12H13NO3. The first kappa shape index (κ1) is 10.7. The van der Waals surface area contributed by atoms with Crippen molar-refractivity contribution < 1.29 is 14.3 Å². The molecule has 1 aliphatic rings. The molecule has 0 unspecified atom stereocenters. The Morgan fingerprint density at radius 1 is 1.44 bits per heavy atom. The highest BCUT2D eigenvalue weighted by Crippen LogP contribution is 2.31. The quantitative estimate of drug-likeness (QED) is 0.715. The van der Waals surface area contributed by atoms with Gasteiger partial charge in [0.1, 0.15) is 12.4 Å². The summed E-state index contributed by atoms with van der Waals surface area (Å²) in [5, 5.41) is 0. The minimum atomic E-state index is -0.325. The first-order valence-electron chi connectivity index (χ1n) is 5.12. The second-order valence-corrected chi connectivity index (χ2v) is 3.94. The third-order valence-corrected chi connectivity index (χ3v) is 2.94. The molecule has 1 fully saturated rings. The van der Waals surface area contributed by atoms with E-state index in [0.29, 0.717) is 5.56 Å². The molecule has 0 bridgehead atoms. The van der Waals surface area contributed by atoms with E-state index >= 15 is 0 Å². The van der Waals surface area contributed by atoms with Crippen molar-refractivity contribution in [3.8, 4) is 0 Å². The highest BCUT2D eigenvalue weighted by atomic mass is 16.6. The zero-order chi connectivity index (χ0) is 11.7. The smallest absolute Gasteiger partial charge is 0.410 e. The maximum absolute atomic E-state index is 11.4. The van der Waals surface area contributed by atoms with Gasteiger partial charge in [0.15, 0.2) is 0 Å². The van der Waals surface area contributed by atoms with Gasteiger partial charge >= 0.3 is 6.09 Å². The Labute approximate surface area is 93.8 Å². The molecule has 2 rings (SSSR count). The number of rotatable bonds is 2. The fourth-order valence-corrected chi connectivity index (χ4v) is 1.82. The van der Waals surface area contributed by atoms with E-state index in [4.69, 9.17) is 4.74 Å². The van der Waals surface area contributed by atoms with Gasteiger partial charge in [0.2, 0.25) is 0 Å². The monoisotopic (exact) mass is 219 g/mol. The van der Waals surface area contributed by atoms with Crippen molar-refractivity contribution in [1.29, 1.82) is 0 Å². The highest BCUT2D eigenvalue weighted by Gasteiger charge is 2.37. The molecular weight excluding hydrogens is 206 g/mol. The first-order chi connectivity index (χ1) is 7.63. The second kappa shape index (κ2) is 3.96. The Morgan fingerprint density at radius 3 is 2.75 bits per heavy atom. The van der Waals surface area contributed by atoms with Gasteiger partial charge in [0, 0.05) is 12.6 Å². The maximum atomic E-state index is 11.4. The van der Waals surface area contributed by atoms with Crippen molar-refractivity contribution in [2.24, 2.45) is 0 Å². The van der Waals surface area contributed by atoms with Crippen molar-refractivity contribution in [2.45, 2.75) is 19.1 Å². The van der Waals surface area contributed by atoms with Gasteiger partial charge in [-0.25, -0.2) is 4.79 Å². The lowest BCUT2D eigenvalue weighted by atomic mass is 10.0. The molecule has 0 saturated carbocycles. The van der Waals surface area contributed by atoms with Crippen LogP contribution in [0.2, 0.25) is 0 Å². The zero-order valence-electron chi connectivity index (χ0n) is 9.21. The lowest BCUT2D eigenvalue weighted by Gasteiger charge is -2.16. The third kappa shape index (κ3) is 1.66. The lowest BCUT2D eigenvalue weighted by Crippen LogP contribution is -2.27. The predicted molar refractivity (Wildman–Crippen MR) is 58.3 cm³/mol. The average Bonchev–Trinajstić information content (AvgIpc) is 2.57. The van der Waals surface area contributed by atoms with Crippen LogP contribution >= 0.6 is 0 Å². The largest absolute Gasteiger partial charge is 0.439 e. The van der Waals surface area contributed by atoms with E-state index in [2.05, 4.69) is 0 Å². The minimum absolute atomic E-state index is 0.0191. The molecule has 1 heterocycles. The SMILES string of the molecule is C[C@H]1[C@@H](c2cccc(C=O)c2)OC(=O)N1C. The van der Waals surface area contributed by atoms with Crippen LogP contribution in [0.4, 0.5) is 4.79 Å². The highest BCUT2D eigenvalue weighted by molar-refractivity contribution is 5.75. The Morgan fingerprint density at radius 2 is 2.19 bits per heavy atom. The van der Waals surface area contributed by atoms with Crippen LogP contribution in [0.3, 0.4) is 0 Å². The topological polar surface area (TPSA) is 46.6 Å². The van der Waals surface area contributed by atoms with E-state index in [1.807, 2.05) is 13.0 Å². The van der Waals surface area contributed by atoms with Gasteiger partial charge in [-0.2, -0.15) is 0 Å². The molecule has 1 saturated heterocycles. The first-order valence-corrected chi connectivity index (χ1v) is 5.12. The maximum Gasteiger partial charge on any atom is 0.410 e. The molecule has 0 aromatic heterocycles. The summed E-state index contributed by atoms with van der Waals surface area (Å²) < 4.78 is 5.24. The van der Waals surface area contributed by atoms with E-state index < -0.39 is 0 Å². The van der Waals surface area contributed by atoms with Crippen molar-refractivity contribution in [3.05, 3.63) is 35.4 Å². The fourth-order valence-electron chi connectivity index (χ4n) is 1.82. The summed E-state index contributed by atoms with van der Waals surface area (Å²) in [6.45, 7) is 1.92. The number of amides is 1. The molecule has 16 heavy (non-hydrogen) atoms. The summed E-state index contributed by atoms with van der Waals surface area (Å²) in [5.41, 5.74) is 1.45. The zero-order valence-corrected chi connectivity index (χ0v) is 9.21. The predicted octanol–water partition coefficient (Wildman–Crippen LogP) is 2.01. The summed E-state index contributed by atoms with van der Waals surface area (Å²) >= 11 is 0. The van der Waals surface area contributed by atoms with E-state index in [0.717, 1.165) is 11.8 Å². The van der Waals surface area contributed by atoms with Crippen LogP contribution in [0.5, 0.6) is 0 Å².